The molecule has 0 aliphatic rings. The molecule has 0 aromatic carbocycles. The molecule has 0 spiro atoms. The molecule has 0 saturated heterocycles. The van der Waals surface area contributed by atoms with Crippen molar-refractivity contribution in [2.24, 2.45) is 0 Å². The molecular weight excluding hydrogens is 188 g/mol. The van der Waals surface area contributed by atoms with E-state index in [2.05, 4.69) is 27.4 Å². The molecule has 0 atom stereocenters. The Labute approximate surface area is 88.8 Å². The largest absolute Gasteiger partial charge is 0.307 e. The smallest absolute Gasteiger partial charge is 0.0490 e. The minimum absolute atomic E-state index is 0.807. The third kappa shape index (κ3) is 2.63. The van der Waals surface area contributed by atoms with Gasteiger partial charge in [0.1, 0.15) is 0 Å². The van der Waals surface area contributed by atoms with Crippen LogP contribution < -0.4 is 5.32 Å². The molecule has 4 heteroatoms. The van der Waals surface area contributed by atoms with E-state index in [0.29, 0.717) is 0 Å². The average molecular weight is 202 g/mol. The normalized spacial score (nSPS) is 10.5. The number of aromatic nitrogens is 3. The van der Waals surface area contributed by atoms with Gasteiger partial charge < -0.3 is 5.32 Å². The number of aryl methyl sites for hydroxylation is 1. The molecule has 78 valence electrons. The molecule has 2 heterocycles. The molecule has 2 rings (SSSR count). The van der Waals surface area contributed by atoms with Gasteiger partial charge in [-0.2, -0.15) is 5.10 Å². The van der Waals surface area contributed by atoms with E-state index in [0.717, 1.165) is 18.8 Å². The Kier molecular flexibility index (Phi) is 3.09. The second-order valence-corrected chi connectivity index (χ2v) is 3.49. The van der Waals surface area contributed by atoms with E-state index in [1.165, 1.54) is 11.1 Å². The van der Waals surface area contributed by atoms with Crippen LogP contribution in [0.4, 0.5) is 0 Å². The number of nitrogens with one attached hydrogen (secondary N) is 2. The van der Waals surface area contributed by atoms with E-state index >= 15 is 0 Å². The molecule has 15 heavy (non-hydrogen) atoms. The van der Waals surface area contributed by atoms with Crippen molar-refractivity contribution in [1.29, 1.82) is 0 Å². The Hall–Kier alpha value is -1.68. The molecule has 0 fully saturated rings. The lowest BCUT2D eigenvalue weighted by molar-refractivity contribution is 0.674. The number of nitrogens with zero attached hydrogens (tertiary/aromatic N) is 2. The van der Waals surface area contributed by atoms with Crippen LogP contribution in [0.25, 0.3) is 0 Å². The lowest BCUT2D eigenvalue weighted by Crippen LogP contribution is -2.13. The molecule has 2 aromatic rings. The van der Waals surface area contributed by atoms with E-state index in [1.807, 2.05) is 24.5 Å². The van der Waals surface area contributed by atoms with Crippen LogP contribution in [0.15, 0.2) is 30.7 Å². The van der Waals surface area contributed by atoms with Crippen LogP contribution >= 0.6 is 0 Å². The number of H-pyrrole nitrogens is 1. The molecule has 0 unspecified atom stereocenters. The molecule has 0 radical (unpaired) electrons. The maximum absolute atomic E-state index is 4.06. The Morgan fingerprint density at radius 1 is 1.27 bits per heavy atom. The first-order chi connectivity index (χ1) is 7.36. The fourth-order valence-electron chi connectivity index (χ4n) is 1.42. The summed E-state index contributed by atoms with van der Waals surface area (Å²) in [4.78, 5) is 4.06. The molecule has 4 nitrogen and oxygen atoms in total. The number of aromatic amines is 1. The first kappa shape index (κ1) is 9.86. The van der Waals surface area contributed by atoms with Crippen molar-refractivity contribution >= 4 is 0 Å². The Morgan fingerprint density at radius 3 is 2.93 bits per heavy atom. The van der Waals surface area contributed by atoms with Gasteiger partial charge in [0, 0.05) is 37.4 Å². The number of pyridine rings is 1. The zero-order valence-electron chi connectivity index (χ0n) is 8.70. The minimum Gasteiger partial charge on any atom is -0.307 e. The van der Waals surface area contributed by atoms with E-state index < -0.39 is 0 Å². The lowest BCUT2D eigenvalue weighted by atomic mass is 10.1. The summed E-state index contributed by atoms with van der Waals surface area (Å²) in [5.41, 5.74) is 3.60. The molecule has 0 aliphatic carbocycles. The Morgan fingerprint density at radius 2 is 2.20 bits per heavy atom. The van der Waals surface area contributed by atoms with Gasteiger partial charge in [0.25, 0.3) is 0 Å². The third-order valence-corrected chi connectivity index (χ3v) is 2.33. The van der Waals surface area contributed by atoms with Crippen LogP contribution in [-0.2, 0) is 13.1 Å². The summed E-state index contributed by atoms with van der Waals surface area (Å²) in [5, 5.41) is 10.1. The van der Waals surface area contributed by atoms with Crippen molar-refractivity contribution in [2.75, 3.05) is 0 Å². The number of rotatable bonds is 4. The van der Waals surface area contributed by atoms with Crippen LogP contribution in [0.1, 0.15) is 16.8 Å². The molecule has 0 bridgehead atoms. The molecule has 2 aromatic heterocycles. The summed E-state index contributed by atoms with van der Waals surface area (Å²) in [6.07, 6.45) is 5.46. The summed E-state index contributed by atoms with van der Waals surface area (Å²) < 4.78 is 0. The highest BCUT2D eigenvalue weighted by Crippen LogP contribution is 2.04. The molecular formula is C11H14N4. The summed E-state index contributed by atoms with van der Waals surface area (Å²) >= 11 is 0. The first-order valence-corrected chi connectivity index (χ1v) is 4.95. The van der Waals surface area contributed by atoms with Crippen LogP contribution in [0, 0.1) is 6.92 Å². The zero-order chi connectivity index (χ0) is 10.5. The van der Waals surface area contributed by atoms with Crippen LogP contribution in [0.2, 0.25) is 0 Å². The van der Waals surface area contributed by atoms with E-state index in [-0.39, 0.29) is 0 Å². The van der Waals surface area contributed by atoms with Crippen LogP contribution in [-0.4, -0.2) is 15.2 Å². The van der Waals surface area contributed by atoms with Crippen molar-refractivity contribution < 1.29 is 0 Å². The summed E-state index contributed by atoms with van der Waals surface area (Å²) in [6.45, 7) is 3.73. The van der Waals surface area contributed by atoms with Gasteiger partial charge in [-0.25, -0.2) is 0 Å². The predicted octanol–water partition coefficient (Wildman–Crippen LogP) is 1.40. The summed E-state index contributed by atoms with van der Waals surface area (Å²) in [7, 11) is 0. The Bertz CT molecular complexity index is 408. The summed E-state index contributed by atoms with van der Waals surface area (Å²) in [6, 6.07) is 4.00. The number of hydrogen-bond acceptors (Lipinski definition) is 3. The number of hydrogen-bond donors (Lipinski definition) is 2. The predicted molar refractivity (Wildman–Crippen MR) is 58.1 cm³/mol. The standard InChI is InChI=1S/C11H14N4/c1-9-6-12-4-2-10(9)7-13-8-11-3-5-14-15-11/h2-6,13H,7-8H2,1H3,(H,14,15). The van der Waals surface area contributed by atoms with Crippen molar-refractivity contribution in [2.45, 2.75) is 20.0 Å². The molecule has 2 N–H and O–H groups in total. The fourth-order valence-corrected chi connectivity index (χ4v) is 1.42. The second kappa shape index (κ2) is 4.70. The van der Waals surface area contributed by atoms with E-state index in [4.69, 9.17) is 0 Å². The zero-order valence-corrected chi connectivity index (χ0v) is 8.70. The topological polar surface area (TPSA) is 53.6 Å². The van der Waals surface area contributed by atoms with Crippen molar-refractivity contribution in [3.05, 3.63) is 47.5 Å². The molecule has 0 amide bonds. The highest BCUT2D eigenvalue weighted by molar-refractivity contribution is 5.21. The lowest BCUT2D eigenvalue weighted by Gasteiger charge is -2.05. The maximum Gasteiger partial charge on any atom is 0.0490 e. The highest BCUT2D eigenvalue weighted by atomic mass is 15.1. The molecule has 0 aliphatic heterocycles. The van der Waals surface area contributed by atoms with Gasteiger partial charge in [-0.05, 0) is 30.2 Å². The molecule has 0 saturated carbocycles. The van der Waals surface area contributed by atoms with Crippen molar-refractivity contribution in [1.82, 2.24) is 20.5 Å². The van der Waals surface area contributed by atoms with Crippen LogP contribution in [0.5, 0.6) is 0 Å². The van der Waals surface area contributed by atoms with E-state index in [1.54, 1.807) is 6.20 Å². The SMILES string of the molecule is Cc1cnccc1CNCc1ccn[nH]1. The highest BCUT2D eigenvalue weighted by Gasteiger charge is 1.97. The minimum atomic E-state index is 0.807. The third-order valence-electron chi connectivity index (χ3n) is 2.33. The summed E-state index contributed by atoms with van der Waals surface area (Å²) in [5.74, 6) is 0. The van der Waals surface area contributed by atoms with Crippen molar-refractivity contribution in [3.8, 4) is 0 Å². The second-order valence-electron chi connectivity index (χ2n) is 3.49. The Balaban J connectivity index is 1.86. The average Bonchev–Trinajstić information content (AvgIpc) is 2.74. The quantitative estimate of drug-likeness (QED) is 0.788. The van der Waals surface area contributed by atoms with Gasteiger partial charge in [0.05, 0.1) is 0 Å². The van der Waals surface area contributed by atoms with Gasteiger partial charge in [0.2, 0.25) is 0 Å². The monoisotopic (exact) mass is 202 g/mol. The van der Waals surface area contributed by atoms with Gasteiger partial charge in [0.15, 0.2) is 0 Å². The maximum atomic E-state index is 4.06. The first-order valence-electron chi connectivity index (χ1n) is 4.95. The van der Waals surface area contributed by atoms with Gasteiger partial charge in [-0.15, -0.1) is 0 Å². The van der Waals surface area contributed by atoms with Gasteiger partial charge in [-0.1, -0.05) is 0 Å². The van der Waals surface area contributed by atoms with Gasteiger partial charge >= 0.3 is 0 Å². The fraction of sp³-hybridized carbons (Fsp3) is 0.273. The van der Waals surface area contributed by atoms with Crippen LogP contribution in [0.3, 0.4) is 0 Å². The van der Waals surface area contributed by atoms with Gasteiger partial charge in [-0.3, -0.25) is 10.1 Å². The van der Waals surface area contributed by atoms with Crippen molar-refractivity contribution in [3.63, 3.8) is 0 Å². The van der Waals surface area contributed by atoms with E-state index in [9.17, 15) is 0 Å².